The van der Waals surface area contributed by atoms with E-state index in [2.05, 4.69) is 111 Å². The topological polar surface area (TPSA) is 95.9 Å². The van der Waals surface area contributed by atoms with Gasteiger partial charge in [-0.3, -0.25) is 9.59 Å². The summed E-state index contributed by atoms with van der Waals surface area (Å²) >= 11 is 0. The van der Waals surface area contributed by atoms with Crippen molar-refractivity contribution in [2.75, 3.05) is 6.61 Å². The molecule has 0 saturated heterocycles. The Labute approximate surface area is 427 Å². The average molecular weight is 963 g/mol. The summed E-state index contributed by atoms with van der Waals surface area (Å²) in [4.78, 5) is 26.3. The minimum Gasteiger partial charge on any atom is -0.462 e. The first-order chi connectivity index (χ1) is 34.0. The second kappa shape index (κ2) is 56.0. The highest BCUT2D eigenvalue weighted by atomic mass is 16.5. The number of carbonyl (C=O) groups is 2. The second-order valence-electron chi connectivity index (χ2n) is 19.7. The van der Waals surface area contributed by atoms with E-state index in [0.29, 0.717) is 19.3 Å². The smallest absolute Gasteiger partial charge is 0.306 e. The Morgan fingerprint density at radius 3 is 1.22 bits per heavy atom. The van der Waals surface area contributed by atoms with Gasteiger partial charge in [0.05, 0.1) is 25.2 Å². The molecule has 0 heterocycles. The van der Waals surface area contributed by atoms with Crippen LogP contribution >= 0.6 is 0 Å². The molecule has 0 aliphatic heterocycles. The number of rotatable bonds is 52. The lowest BCUT2D eigenvalue weighted by molar-refractivity contribution is -0.151. The van der Waals surface area contributed by atoms with Gasteiger partial charge >= 0.3 is 5.97 Å². The number of hydrogen-bond donors (Lipinski definition) is 3. The van der Waals surface area contributed by atoms with E-state index < -0.39 is 18.2 Å². The van der Waals surface area contributed by atoms with Gasteiger partial charge in [0.1, 0.15) is 6.10 Å². The molecule has 3 N–H and O–H groups in total. The highest BCUT2D eigenvalue weighted by molar-refractivity contribution is 5.77. The molecule has 3 atom stereocenters. The number of nitrogens with one attached hydrogen (secondary N) is 1. The number of aliphatic hydroxyl groups is 2. The van der Waals surface area contributed by atoms with Crippen molar-refractivity contribution < 1.29 is 24.5 Å². The predicted molar refractivity (Wildman–Crippen MR) is 301 cm³/mol. The van der Waals surface area contributed by atoms with Crippen LogP contribution in [-0.2, 0) is 14.3 Å². The molecule has 3 unspecified atom stereocenters. The Kier molecular flexibility index (Phi) is 53.6. The maximum absolute atomic E-state index is 13.3. The van der Waals surface area contributed by atoms with Gasteiger partial charge in [0.2, 0.25) is 5.91 Å². The van der Waals surface area contributed by atoms with Crippen LogP contribution in [0.4, 0.5) is 0 Å². The number of unbranched alkanes of at least 4 members (excludes halogenated alkanes) is 26. The summed E-state index contributed by atoms with van der Waals surface area (Å²) in [5, 5.41) is 23.9. The van der Waals surface area contributed by atoms with E-state index in [0.717, 1.165) is 116 Å². The minimum atomic E-state index is -0.803. The molecule has 0 saturated carbocycles. The van der Waals surface area contributed by atoms with E-state index in [9.17, 15) is 19.8 Å². The van der Waals surface area contributed by atoms with Crippen LogP contribution in [0.25, 0.3) is 0 Å². The number of aliphatic hydroxyl groups excluding tert-OH is 2. The fraction of sp³-hybridized carbons (Fsp3) is 0.746. The van der Waals surface area contributed by atoms with E-state index in [-0.39, 0.29) is 24.9 Å². The van der Waals surface area contributed by atoms with Crippen molar-refractivity contribution in [2.24, 2.45) is 0 Å². The van der Waals surface area contributed by atoms with Crippen LogP contribution in [0.5, 0.6) is 0 Å². The lowest BCUT2D eigenvalue weighted by Crippen LogP contribution is -2.46. The Bertz CT molecular complexity index is 1310. The SMILES string of the molecule is CC/C=C\C/C=C\C/C=C\C/C=C\C/C=C\CCCCCC(=O)OC(CCCCCCC/C=C\C/C=C\CCCCC)CC(=O)NC(CO)C(O)CCCCCCCCCCCCCCCCCC. The van der Waals surface area contributed by atoms with Crippen LogP contribution in [0.2, 0.25) is 0 Å². The molecule has 69 heavy (non-hydrogen) atoms. The minimum absolute atomic E-state index is 0.0515. The Morgan fingerprint density at radius 1 is 0.435 bits per heavy atom. The third-order valence-electron chi connectivity index (χ3n) is 13.0. The van der Waals surface area contributed by atoms with Gasteiger partial charge in [0, 0.05) is 6.42 Å². The van der Waals surface area contributed by atoms with Gasteiger partial charge in [0.25, 0.3) is 0 Å². The van der Waals surface area contributed by atoms with Crippen molar-refractivity contribution in [1.29, 1.82) is 0 Å². The number of ether oxygens (including phenoxy) is 1. The standard InChI is InChI=1S/C63H111NO5/c1-4-7-10-13-16-19-22-25-28-30-31-32-35-38-41-44-47-50-53-56-63(68)69-59(54-51-48-45-42-39-36-33-27-24-21-18-15-12-9-6-3)57-62(67)64-60(58-65)61(66)55-52-49-46-43-40-37-34-29-26-23-20-17-14-11-8-5-2/h7,10,16,18-19,21,25,27-28,31-33,38,41,59-61,65-66H,4-6,8-9,11-15,17,20,22-24,26,29-30,34-37,39-40,42-58H2,1-3H3,(H,64,67)/b10-7-,19-16-,21-18-,28-25-,32-31-,33-27-,41-38-. The molecule has 0 aromatic carbocycles. The van der Waals surface area contributed by atoms with Gasteiger partial charge in [-0.2, -0.15) is 0 Å². The Hall–Kier alpha value is -2.96. The van der Waals surface area contributed by atoms with E-state index in [1.54, 1.807) is 0 Å². The van der Waals surface area contributed by atoms with Crippen LogP contribution in [-0.4, -0.2) is 46.9 Å². The zero-order valence-corrected chi connectivity index (χ0v) is 45.4. The summed E-state index contributed by atoms with van der Waals surface area (Å²) in [6, 6.07) is -0.718. The fourth-order valence-corrected chi connectivity index (χ4v) is 8.55. The highest BCUT2D eigenvalue weighted by Crippen LogP contribution is 2.18. The predicted octanol–water partition coefficient (Wildman–Crippen LogP) is 18.3. The quantitative estimate of drug-likeness (QED) is 0.0321. The molecule has 0 rings (SSSR count). The van der Waals surface area contributed by atoms with Gasteiger partial charge in [-0.25, -0.2) is 0 Å². The summed E-state index contributed by atoms with van der Waals surface area (Å²) in [6.45, 7) is 6.35. The molecule has 398 valence electrons. The van der Waals surface area contributed by atoms with Crippen molar-refractivity contribution in [2.45, 2.75) is 296 Å². The summed E-state index contributed by atoms with van der Waals surface area (Å²) in [6.07, 6.45) is 73.6. The largest absolute Gasteiger partial charge is 0.462 e. The van der Waals surface area contributed by atoms with Crippen molar-refractivity contribution in [3.63, 3.8) is 0 Å². The molecule has 0 spiro atoms. The third kappa shape index (κ3) is 51.2. The molecule has 0 aliphatic rings. The van der Waals surface area contributed by atoms with Gasteiger partial charge in [-0.05, 0) is 103 Å². The zero-order valence-electron chi connectivity index (χ0n) is 45.4. The first-order valence-electron chi connectivity index (χ1n) is 29.3. The normalized spacial score (nSPS) is 13.8. The maximum atomic E-state index is 13.3. The van der Waals surface area contributed by atoms with Crippen LogP contribution < -0.4 is 5.32 Å². The third-order valence-corrected chi connectivity index (χ3v) is 13.0. The van der Waals surface area contributed by atoms with Crippen molar-refractivity contribution >= 4 is 11.9 Å². The summed E-state index contributed by atoms with van der Waals surface area (Å²) in [5.41, 5.74) is 0. The monoisotopic (exact) mass is 962 g/mol. The Morgan fingerprint density at radius 2 is 0.783 bits per heavy atom. The fourth-order valence-electron chi connectivity index (χ4n) is 8.55. The van der Waals surface area contributed by atoms with Crippen molar-refractivity contribution in [1.82, 2.24) is 5.32 Å². The van der Waals surface area contributed by atoms with Crippen molar-refractivity contribution in [3.05, 3.63) is 85.1 Å². The molecule has 0 aromatic heterocycles. The molecule has 1 amide bonds. The van der Waals surface area contributed by atoms with Crippen molar-refractivity contribution in [3.8, 4) is 0 Å². The molecule has 6 nitrogen and oxygen atoms in total. The van der Waals surface area contributed by atoms with E-state index >= 15 is 0 Å². The van der Waals surface area contributed by atoms with Crippen LogP contribution in [0.15, 0.2) is 85.1 Å². The van der Waals surface area contributed by atoms with Gasteiger partial charge in [-0.1, -0.05) is 247 Å². The number of carbonyl (C=O) groups excluding carboxylic acids is 2. The number of allylic oxidation sites excluding steroid dienone is 14. The van der Waals surface area contributed by atoms with E-state index in [1.807, 2.05) is 0 Å². The molecule has 0 aromatic rings. The number of hydrogen-bond acceptors (Lipinski definition) is 5. The molecule has 0 radical (unpaired) electrons. The number of amides is 1. The lowest BCUT2D eigenvalue weighted by atomic mass is 10.0. The van der Waals surface area contributed by atoms with Crippen LogP contribution in [0, 0.1) is 0 Å². The first kappa shape index (κ1) is 66.0. The zero-order chi connectivity index (χ0) is 50.2. The van der Waals surface area contributed by atoms with Crippen LogP contribution in [0.3, 0.4) is 0 Å². The van der Waals surface area contributed by atoms with E-state index in [1.165, 1.54) is 116 Å². The van der Waals surface area contributed by atoms with Gasteiger partial charge < -0.3 is 20.3 Å². The summed E-state index contributed by atoms with van der Waals surface area (Å²) in [5.74, 6) is -0.523. The molecular weight excluding hydrogens is 851 g/mol. The first-order valence-corrected chi connectivity index (χ1v) is 29.3. The lowest BCUT2D eigenvalue weighted by Gasteiger charge is -2.24. The molecule has 6 heteroatoms. The Balaban J connectivity index is 4.63. The molecular formula is C63H111NO5. The molecule has 0 bridgehead atoms. The van der Waals surface area contributed by atoms with Crippen LogP contribution in [0.1, 0.15) is 278 Å². The second-order valence-corrected chi connectivity index (χ2v) is 19.7. The molecule has 0 fully saturated rings. The van der Waals surface area contributed by atoms with Gasteiger partial charge in [0.15, 0.2) is 0 Å². The number of esters is 1. The molecule has 0 aliphatic carbocycles. The summed E-state index contributed by atoms with van der Waals surface area (Å²) < 4.78 is 5.95. The average Bonchev–Trinajstić information content (AvgIpc) is 3.34. The highest BCUT2D eigenvalue weighted by Gasteiger charge is 2.24. The maximum Gasteiger partial charge on any atom is 0.306 e. The van der Waals surface area contributed by atoms with Gasteiger partial charge in [-0.15, -0.1) is 0 Å². The summed E-state index contributed by atoms with van der Waals surface area (Å²) in [7, 11) is 0. The van der Waals surface area contributed by atoms with E-state index in [4.69, 9.17) is 4.74 Å².